The third-order valence-corrected chi connectivity index (χ3v) is 4.75. The van der Waals surface area contributed by atoms with Crippen molar-refractivity contribution < 1.29 is 0 Å². The molecule has 23 heavy (non-hydrogen) atoms. The van der Waals surface area contributed by atoms with Gasteiger partial charge in [0.2, 0.25) is 0 Å². The fourth-order valence-corrected chi connectivity index (χ4v) is 3.54. The molecule has 0 radical (unpaired) electrons. The third kappa shape index (κ3) is 2.53. The van der Waals surface area contributed by atoms with Crippen molar-refractivity contribution in [2.75, 3.05) is 11.9 Å². The van der Waals surface area contributed by atoms with E-state index in [9.17, 15) is 0 Å². The molecule has 0 aliphatic heterocycles. The van der Waals surface area contributed by atoms with Gasteiger partial charge in [-0.15, -0.1) is 0 Å². The van der Waals surface area contributed by atoms with E-state index in [4.69, 9.17) is 0 Å². The van der Waals surface area contributed by atoms with Gasteiger partial charge in [-0.2, -0.15) is 0 Å². The number of rotatable bonds is 2. The number of allylic oxidation sites excluding steroid dienone is 2. The Bertz CT molecular complexity index is 915. The summed E-state index contributed by atoms with van der Waals surface area (Å²) in [6.07, 6.45) is 14.6. The third-order valence-electron chi connectivity index (χ3n) is 4.75. The second-order valence-electron chi connectivity index (χ2n) is 6.16. The first-order chi connectivity index (χ1) is 11.3. The molecule has 0 bridgehead atoms. The van der Waals surface area contributed by atoms with E-state index in [0.29, 0.717) is 0 Å². The van der Waals surface area contributed by atoms with Gasteiger partial charge in [0, 0.05) is 29.2 Å². The topological polar surface area (TPSA) is 3.24 Å². The number of aryl methyl sites for hydroxylation is 1. The predicted molar refractivity (Wildman–Crippen MR) is 99.5 cm³/mol. The Hall–Kier alpha value is -2.54. The zero-order valence-electron chi connectivity index (χ0n) is 13.5. The minimum Gasteiger partial charge on any atom is -0.344 e. The van der Waals surface area contributed by atoms with Crippen molar-refractivity contribution >= 4 is 23.5 Å². The lowest BCUT2D eigenvalue weighted by Gasteiger charge is -2.25. The summed E-state index contributed by atoms with van der Waals surface area (Å²) in [5.41, 5.74) is 5.37. The van der Waals surface area contributed by atoms with Crippen molar-refractivity contribution in [1.29, 1.82) is 0 Å². The normalized spacial score (nSPS) is 15.4. The van der Waals surface area contributed by atoms with Crippen LogP contribution in [-0.4, -0.2) is 7.05 Å². The highest BCUT2D eigenvalue weighted by Crippen LogP contribution is 2.31. The van der Waals surface area contributed by atoms with Gasteiger partial charge < -0.3 is 4.90 Å². The van der Waals surface area contributed by atoms with Crippen LogP contribution < -0.4 is 15.3 Å². The molecule has 0 fully saturated rings. The summed E-state index contributed by atoms with van der Waals surface area (Å²) in [5, 5.41) is 2.63. The molecule has 0 saturated carbocycles. The SMILES string of the molecule is CN(C1=c2ccccc2=CCC=C1)c1cccc2c1C=CCC2. The summed E-state index contributed by atoms with van der Waals surface area (Å²) in [6.45, 7) is 0. The van der Waals surface area contributed by atoms with Crippen LogP contribution in [0.15, 0.2) is 60.7 Å². The number of likely N-dealkylation sites (N-methyl/N-ethyl adjacent to an activating group) is 1. The summed E-state index contributed by atoms with van der Waals surface area (Å²) in [4.78, 5) is 2.34. The molecule has 0 amide bonds. The molecule has 0 N–H and O–H groups in total. The van der Waals surface area contributed by atoms with Crippen LogP contribution in [0.5, 0.6) is 0 Å². The van der Waals surface area contributed by atoms with E-state index in [1.54, 1.807) is 0 Å². The average Bonchev–Trinajstić information content (AvgIpc) is 2.83. The second kappa shape index (κ2) is 5.92. The van der Waals surface area contributed by atoms with Crippen LogP contribution in [0.4, 0.5) is 5.69 Å². The molecule has 0 heterocycles. The van der Waals surface area contributed by atoms with Crippen molar-refractivity contribution in [3.63, 3.8) is 0 Å². The fraction of sp³-hybridized carbons (Fsp3) is 0.182. The zero-order valence-corrected chi connectivity index (χ0v) is 13.5. The van der Waals surface area contributed by atoms with Crippen LogP contribution in [0.2, 0.25) is 0 Å². The highest BCUT2D eigenvalue weighted by molar-refractivity contribution is 5.81. The van der Waals surface area contributed by atoms with Crippen molar-refractivity contribution in [1.82, 2.24) is 0 Å². The van der Waals surface area contributed by atoms with E-state index in [2.05, 4.69) is 84.8 Å². The van der Waals surface area contributed by atoms with E-state index in [-0.39, 0.29) is 0 Å². The number of fused-ring (bicyclic) bond motifs is 2. The van der Waals surface area contributed by atoms with Crippen molar-refractivity contribution in [3.8, 4) is 0 Å². The second-order valence-corrected chi connectivity index (χ2v) is 6.16. The van der Waals surface area contributed by atoms with Crippen LogP contribution in [0.25, 0.3) is 17.8 Å². The van der Waals surface area contributed by atoms with Crippen LogP contribution in [0.1, 0.15) is 24.0 Å². The Morgan fingerprint density at radius 2 is 1.83 bits per heavy atom. The van der Waals surface area contributed by atoms with E-state index in [1.807, 2.05) is 0 Å². The van der Waals surface area contributed by atoms with Gasteiger partial charge >= 0.3 is 0 Å². The maximum atomic E-state index is 2.34. The summed E-state index contributed by atoms with van der Waals surface area (Å²) in [5.74, 6) is 0. The lowest BCUT2D eigenvalue weighted by molar-refractivity contribution is 0.982. The Labute approximate surface area is 137 Å². The van der Waals surface area contributed by atoms with Crippen molar-refractivity contribution in [2.45, 2.75) is 19.3 Å². The van der Waals surface area contributed by atoms with E-state index < -0.39 is 0 Å². The quantitative estimate of drug-likeness (QED) is 0.818. The lowest BCUT2D eigenvalue weighted by Crippen LogP contribution is -2.32. The van der Waals surface area contributed by atoms with Crippen molar-refractivity contribution in [3.05, 3.63) is 82.3 Å². The maximum Gasteiger partial charge on any atom is 0.0484 e. The molecule has 0 unspecified atom stereocenters. The summed E-state index contributed by atoms with van der Waals surface area (Å²) in [6, 6.07) is 15.3. The van der Waals surface area contributed by atoms with E-state index in [0.717, 1.165) is 19.3 Å². The largest absolute Gasteiger partial charge is 0.344 e. The smallest absolute Gasteiger partial charge is 0.0484 e. The molecule has 0 aromatic heterocycles. The molecule has 4 rings (SSSR count). The summed E-state index contributed by atoms with van der Waals surface area (Å²) < 4.78 is 0. The molecular formula is C22H21N. The molecule has 2 aromatic carbocycles. The van der Waals surface area contributed by atoms with Crippen LogP contribution in [0, 0.1) is 0 Å². The number of anilines is 1. The minimum atomic E-state index is 0.987. The molecule has 2 aromatic rings. The average molecular weight is 299 g/mol. The number of nitrogens with zero attached hydrogens (tertiary/aromatic N) is 1. The molecule has 2 aliphatic carbocycles. The highest BCUT2D eigenvalue weighted by Gasteiger charge is 2.14. The van der Waals surface area contributed by atoms with Gasteiger partial charge in [-0.25, -0.2) is 0 Å². The first-order valence-corrected chi connectivity index (χ1v) is 8.33. The molecule has 1 nitrogen and oxygen atoms in total. The van der Waals surface area contributed by atoms with Gasteiger partial charge in [0.1, 0.15) is 0 Å². The summed E-state index contributed by atoms with van der Waals surface area (Å²) >= 11 is 0. The van der Waals surface area contributed by atoms with Gasteiger partial charge in [0.15, 0.2) is 0 Å². The Morgan fingerprint density at radius 3 is 2.78 bits per heavy atom. The van der Waals surface area contributed by atoms with E-state index >= 15 is 0 Å². The van der Waals surface area contributed by atoms with Gasteiger partial charge in [0.25, 0.3) is 0 Å². The van der Waals surface area contributed by atoms with E-state index in [1.165, 1.54) is 32.9 Å². The molecular weight excluding hydrogens is 278 g/mol. The van der Waals surface area contributed by atoms with Crippen LogP contribution in [-0.2, 0) is 6.42 Å². The Morgan fingerprint density at radius 1 is 0.913 bits per heavy atom. The first-order valence-electron chi connectivity index (χ1n) is 8.33. The van der Waals surface area contributed by atoms with Crippen LogP contribution in [0.3, 0.4) is 0 Å². The minimum absolute atomic E-state index is 0.987. The van der Waals surface area contributed by atoms with Crippen molar-refractivity contribution in [2.24, 2.45) is 0 Å². The zero-order chi connectivity index (χ0) is 15.6. The molecule has 0 atom stereocenters. The Kier molecular flexibility index (Phi) is 3.63. The molecule has 0 saturated heterocycles. The van der Waals surface area contributed by atoms with Gasteiger partial charge in [0.05, 0.1) is 0 Å². The number of hydrogen-bond donors (Lipinski definition) is 0. The monoisotopic (exact) mass is 299 g/mol. The first kappa shape index (κ1) is 14.1. The molecule has 114 valence electrons. The molecule has 2 aliphatic rings. The standard InChI is InChI=1S/C22H21N/c1-23(22-16-8-12-18-10-3-6-14-20(18)22)21-15-7-4-11-17-9-2-5-13-19(17)21/h2,5-9,11-16H,3-4,10H2,1H3. The fourth-order valence-electron chi connectivity index (χ4n) is 3.54. The predicted octanol–water partition coefficient (Wildman–Crippen LogP) is 3.63. The molecule has 1 heteroatoms. The lowest BCUT2D eigenvalue weighted by atomic mass is 9.95. The highest BCUT2D eigenvalue weighted by atomic mass is 15.1. The van der Waals surface area contributed by atoms with Gasteiger partial charge in [-0.3, -0.25) is 0 Å². The van der Waals surface area contributed by atoms with Crippen LogP contribution >= 0.6 is 0 Å². The number of hydrogen-bond acceptors (Lipinski definition) is 1. The molecule has 0 spiro atoms. The summed E-state index contributed by atoms with van der Waals surface area (Å²) in [7, 11) is 2.18. The van der Waals surface area contributed by atoms with Gasteiger partial charge in [-0.1, -0.05) is 60.7 Å². The maximum absolute atomic E-state index is 2.34. The van der Waals surface area contributed by atoms with Gasteiger partial charge in [-0.05, 0) is 42.2 Å². The number of benzene rings is 2. The Balaban J connectivity index is 1.93.